The van der Waals surface area contributed by atoms with Gasteiger partial charge in [-0.1, -0.05) is 88.0 Å². The summed E-state index contributed by atoms with van der Waals surface area (Å²) < 4.78 is 45.1. The molecule has 0 bridgehead atoms. The lowest BCUT2D eigenvalue weighted by atomic mass is 9.86. The molecule has 0 aliphatic rings. The Morgan fingerprint density at radius 1 is 0.812 bits per heavy atom. The predicted molar refractivity (Wildman–Crippen MR) is 250 cm³/mol. The Balaban J connectivity index is 1.55. The highest BCUT2D eigenvalue weighted by atomic mass is 32.2. The number of unbranched alkanes of at least 4 members (excludes halogenated alkanes) is 1. The number of fused-ring (bicyclic) bond motifs is 1. The van der Waals surface area contributed by atoms with E-state index in [2.05, 4.69) is 33.8 Å². The van der Waals surface area contributed by atoms with E-state index in [9.17, 15) is 27.6 Å². The molecule has 336 valence electrons. The fraction of sp³-hybridized carbons (Fsp3) is 0.286. The third kappa shape index (κ3) is 12.8. The van der Waals surface area contributed by atoms with Crippen LogP contribution in [0, 0.1) is 5.41 Å². The summed E-state index contributed by atoms with van der Waals surface area (Å²) in [5.41, 5.74) is 0.969. The van der Waals surface area contributed by atoms with Gasteiger partial charge in [0.15, 0.2) is 0 Å². The van der Waals surface area contributed by atoms with Crippen LogP contribution in [0.3, 0.4) is 0 Å². The third-order valence-electron chi connectivity index (χ3n) is 9.69. The third-order valence-corrected chi connectivity index (χ3v) is 11.0. The molecule has 15 heteroatoms. The number of para-hydroxylation sites is 1. The molecule has 0 saturated carbocycles. The first-order valence-corrected chi connectivity index (χ1v) is 22.2. The monoisotopic (exact) mass is 889 g/mol. The van der Waals surface area contributed by atoms with E-state index in [-0.39, 0.29) is 29.0 Å². The summed E-state index contributed by atoms with van der Waals surface area (Å²) in [5.74, 6) is -1.34. The Hall–Kier alpha value is -7.00. The maximum Gasteiger partial charge on any atom is 0.408 e. The fourth-order valence-electron chi connectivity index (χ4n) is 6.55. The average molecular weight is 890 g/mol. The molecule has 1 aromatic heterocycles. The Labute approximate surface area is 374 Å². The first kappa shape index (κ1) is 48.0. The molecular weight excluding hydrogens is 835 g/mol. The number of rotatable bonds is 17. The number of hydrogen-bond acceptors (Lipinski definition) is 10. The molecular formula is C49H55N5O9S. The number of sulfonamides is 1. The van der Waals surface area contributed by atoms with Crippen LogP contribution in [0.5, 0.6) is 17.2 Å². The van der Waals surface area contributed by atoms with Gasteiger partial charge in [-0.3, -0.25) is 14.4 Å². The van der Waals surface area contributed by atoms with E-state index in [1.807, 2.05) is 48.5 Å². The molecule has 5 aromatic rings. The number of nitrogens with one attached hydrogen (secondary N) is 4. The summed E-state index contributed by atoms with van der Waals surface area (Å²) in [6, 6.07) is 25.0. The van der Waals surface area contributed by atoms with Gasteiger partial charge in [0.05, 0.1) is 35.3 Å². The second kappa shape index (κ2) is 20.5. The van der Waals surface area contributed by atoms with Gasteiger partial charge in [0.25, 0.3) is 11.8 Å². The lowest BCUT2D eigenvalue weighted by Crippen LogP contribution is -2.55. The van der Waals surface area contributed by atoms with Crippen LogP contribution in [0.4, 0.5) is 10.5 Å². The smallest absolute Gasteiger partial charge is 0.408 e. The van der Waals surface area contributed by atoms with Gasteiger partial charge in [0.1, 0.15) is 34.9 Å². The Kier molecular flexibility index (Phi) is 15.4. The Morgan fingerprint density at radius 2 is 1.52 bits per heavy atom. The second-order valence-corrected chi connectivity index (χ2v) is 18.8. The number of benzene rings is 4. The molecule has 4 amide bonds. The molecule has 1 heterocycles. The van der Waals surface area contributed by atoms with Crippen molar-refractivity contribution < 1.29 is 41.8 Å². The van der Waals surface area contributed by atoms with Crippen molar-refractivity contribution in [3.63, 3.8) is 0 Å². The van der Waals surface area contributed by atoms with Crippen molar-refractivity contribution in [2.75, 3.05) is 18.2 Å². The predicted octanol–water partition coefficient (Wildman–Crippen LogP) is 9.11. The van der Waals surface area contributed by atoms with Crippen molar-refractivity contribution in [3.8, 4) is 28.5 Å². The molecule has 0 aliphatic heterocycles. The van der Waals surface area contributed by atoms with Gasteiger partial charge in [-0.25, -0.2) is 22.9 Å². The van der Waals surface area contributed by atoms with E-state index in [1.54, 1.807) is 85.1 Å². The molecule has 0 unspecified atom stereocenters. The number of hydrogen-bond donors (Lipinski definition) is 4. The SMILES string of the molecule is C=CCCCS(=O)(=O)NC(=O)c1ccccc1NC(=O)[C@@H](NC(=O)[C@@H](NC(=O)OC(C)(C)C)C(C)(C)C)c1ccc(Oc2cc(-c3ccccc3)nc3cc(OC)ccc23)c(C=C)c1. The first-order chi connectivity index (χ1) is 30.2. The largest absolute Gasteiger partial charge is 0.497 e. The number of carbonyl (C=O) groups is 4. The van der Waals surface area contributed by atoms with Gasteiger partial charge in [0.2, 0.25) is 15.9 Å². The number of nitrogens with zero attached hydrogens (tertiary/aromatic N) is 1. The summed E-state index contributed by atoms with van der Waals surface area (Å²) in [5, 5.41) is 8.87. The van der Waals surface area contributed by atoms with Crippen LogP contribution in [-0.2, 0) is 24.3 Å². The zero-order chi connectivity index (χ0) is 46.8. The van der Waals surface area contributed by atoms with E-state index >= 15 is 0 Å². The van der Waals surface area contributed by atoms with Crippen LogP contribution >= 0.6 is 0 Å². The normalized spacial score (nSPS) is 12.5. The summed E-state index contributed by atoms with van der Waals surface area (Å²) in [6.45, 7) is 17.9. The summed E-state index contributed by atoms with van der Waals surface area (Å²) in [4.78, 5) is 60.1. The summed E-state index contributed by atoms with van der Waals surface area (Å²) in [6.07, 6.45) is 2.97. The van der Waals surface area contributed by atoms with Crippen molar-refractivity contribution in [2.45, 2.75) is 72.1 Å². The number of carbonyl (C=O) groups excluding carboxylic acids is 4. The van der Waals surface area contributed by atoms with Gasteiger partial charge in [-0.2, -0.15) is 0 Å². The Morgan fingerprint density at radius 3 is 2.17 bits per heavy atom. The van der Waals surface area contributed by atoms with Gasteiger partial charge < -0.3 is 30.2 Å². The zero-order valence-corrected chi connectivity index (χ0v) is 37.9. The highest BCUT2D eigenvalue weighted by Gasteiger charge is 2.37. The summed E-state index contributed by atoms with van der Waals surface area (Å²) >= 11 is 0. The molecule has 4 N–H and O–H groups in total. The van der Waals surface area contributed by atoms with Crippen molar-refractivity contribution in [3.05, 3.63) is 133 Å². The maximum atomic E-state index is 14.5. The second-order valence-electron chi connectivity index (χ2n) is 17.0. The molecule has 0 spiro atoms. The number of allylic oxidation sites excluding steroid dienone is 1. The molecule has 0 radical (unpaired) electrons. The Bertz CT molecular complexity index is 2650. The van der Waals surface area contributed by atoms with Crippen LogP contribution < -0.4 is 30.1 Å². The van der Waals surface area contributed by atoms with Crippen LogP contribution in [0.15, 0.2) is 116 Å². The molecule has 0 fully saturated rings. The van der Waals surface area contributed by atoms with E-state index in [4.69, 9.17) is 19.2 Å². The van der Waals surface area contributed by atoms with Crippen LogP contribution in [0.25, 0.3) is 28.2 Å². The van der Waals surface area contributed by atoms with E-state index in [0.717, 1.165) is 5.56 Å². The molecule has 0 aliphatic carbocycles. The number of anilines is 1. The lowest BCUT2D eigenvalue weighted by molar-refractivity contribution is -0.129. The topological polar surface area (TPSA) is 191 Å². The van der Waals surface area contributed by atoms with Crippen LogP contribution in [-0.4, -0.2) is 61.7 Å². The number of aromatic nitrogens is 1. The average Bonchev–Trinajstić information content (AvgIpc) is 3.23. The van der Waals surface area contributed by atoms with E-state index < -0.39 is 56.9 Å². The lowest BCUT2D eigenvalue weighted by Gasteiger charge is -2.32. The van der Waals surface area contributed by atoms with Crippen LogP contribution in [0.2, 0.25) is 0 Å². The minimum Gasteiger partial charge on any atom is -0.497 e. The van der Waals surface area contributed by atoms with Crippen LogP contribution in [0.1, 0.15) is 81.9 Å². The minimum atomic E-state index is -4.03. The number of alkyl carbamates (subject to hydrolysis) is 1. The maximum absolute atomic E-state index is 14.5. The number of methoxy groups -OCH3 is 1. The first-order valence-electron chi connectivity index (χ1n) is 20.6. The standard InChI is InChI=1S/C49H55N5O9S/c1-10-12-18-27-64(59,60)54-44(55)36-21-16-17-22-37(36)51-45(56)42(52-46(57)43(48(3,4)5)53-47(58)63-49(6,7)8)33-23-26-40(31(11-2)28-33)62-41-30-38(32-19-14-13-15-20-32)50-39-29-34(61-9)24-25-35(39)41/h10-11,13-17,19-26,28-30,42-43H,1-2,12,18,27H2,3-9H3,(H,51,56)(H,52,57)(H,53,58)(H,54,55)/t42-,43+/m0/s1. The van der Waals surface area contributed by atoms with Crippen molar-refractivity contribution >= 4 is 56.5 Å². The number of pyridine rings is 1. The van der Waals surface area contributed by atoms with Gasteiger partial charge in [-0.05, 0) is 81.0 Å². The van der Waals surface area contributed by atoms with Crippen molar-refractivity contribution in [1.29, 1.82) is 0 Å². The highest BCUT2D eigenvalue weighted by Crippen LogP contribution is 2.37. The highest BCUT2D eigenvalue weighted by molar-refractivity contribution is 7.90. The van der Waals surface area contributed by atoms with Crippen molar-refractivity contribution in [1.82, 2.24) is 20.3 Å². The van der Waals surface area contributed by atoms with Crippen molar-refractivity contribution in [2.24, 2.45) is 5.41 Å². The number of ether oxygens (including phenoxy) is 3. The fourth-order valence-corrected chi connectivity index (χ4v) is 7.59. The molecule has 5 rings (SSSR count). The minimum absolute atomic E-state index is 0.0240. The molecule has 0 saturated heterocycles. The van der Waals surface area contributed by atoms with E-state index in [0.29, 0.717) is 45.8 Å². The van der Waals surface area contributed by atoms with Gasteiger partial charge >= 0.3 is 6.09 Å². The molecule has 14 nitrogen and oxygen atoms in total. The van der Waals surface area contributed by atoms with Gasteiger partial charge in [0, 0.05) is 28.6 Å². The summed E-state index contributed by atoms with van der Waals surface area (Å²) in [7, 11) is -2.45. The zero-order valence-electron chi connectivity index (χ0n) is 37.1. The number of amides is 4. The van der Waals surface area contributed by atoms with E-state index in [1.165, 1.54) is 24.3 Å². The van der Waals surface area contributed by atoms with Gasteiger partial charge in [-0.15, -0.1) is 6.58 Å². The molecule has 64 heavy (non-hydrogen) atoms. The molecule has 2 atom stereocenters. The quantitative estimate of drug-likeness (QED) is 0.0517. The molecule has 4 aromatic carbocycles.